The van der Waals surface area contributed by atoms with E-state index in [1.807, 2.05) is 67.5 Å². The zero-order valence-electron chi connectivity index (χ0n) is 13.2. The summed E-state index contributed by atoms with van der Waals surface area (Å²) in [5.74, 6) is 0.466. The third kappa shape index (κ3) is 2.83. The van der Waals surface area contributed by atoms with E-state index in [2.05, 4.69) is 11.9 Å². The summed E-state index contributed by atoms with van der Waals surface area (Å²) in [5, 5.41) is 3.88. The molecule has 0 aliphatic heterocycles. The first-order chi connectivity index (χ1) is 11.1. The van der Waals surface area contributed by atoms with Crippen LogP contribution in [0.5, 0.6) is 0 Å². The number of para-hydroxylation sites is 1. The smallest absolute Gasteiger partial charge is 0.247 e. The van der Waals surface area contributed by atoms with Crippen LogP contribution in [0.25, 0.3) is 22.3 Å². The number of hydrogen-bond donors (Lipinski definition) is 1. The maximum atomic E-state index is 11.7. The van der Waals surface area contributed by atoms with Gasteiger partial charge in [0.15, 0.2) is 0 Å². The van der Waals surface area contributed by atoms with Gasteiger partial charge in [-0.05, 0) is 30.3 Å². The highest BCUT2D eigenvalue weighted by molar-refractivity contribution is 6.04. The molecule has 0 saturated carbocycles. The van der Waals surface area contributed by atoms with Crippen LogP contribution in [0.3, 0.4) is 0 Å². The van der Waals surface area contributed by atoms with Crippen molar-refractivity contribution in [1.29, 1.82) is 0 Å². The van der Waals surface area contributed by atoms with Gasteiger partial charge in [0, 0.05) is 25.2 Å². The van der Waals surface area contributed by atoms with Gasteiger partial charge in [-0.15, -0.1) is 0 Å². The summed E-state index contributed by atoms with van der Waals surface area (Å²) in [4.78, 5) is 13.7. The quantitative estimate of drug-likeness (QED) is 0.731. The molecule has 3 rings (SSSR count). The van der Waals surface area contributed by atoms with E-state index in [-0.39, 0.29) is 5.91 Å². The van der Waals surface area contributed by atoms with Crippen LogP contribution in [0.1, 0.15) is 0 Å². The molecule has 1 heterocycles. The van der Waals surface area contributed by atoms with Crippen LogP contribution in [0, 0.1) is 0 Å². The molecule has 3 aromatic rings. The van der Waals surface area contributed by atoms with Crippen molar-refractivity contribution in [3.63, 3.8) is 0 Å². The topological polar surface area (TPSA) is 45.5 Å². The molecule has 0 aliphatic rings. The number of carbonyl (C=O) groups excluding carboxylic acids is 1. The van der Waals surface area contributed by atoms with Crippen LogP contribution in [-0.2, 0) is 4.79 Å². The van der Waals surface area contributed by atoms with E-state index in [1.54, 1.807) is 0 Å². The van der Waals surface area contributed by atoms with Crippen molar-refractivity contribution in [3.8, 4) is 11.3 Å². The van der Waals surface area contributed by atoms with Crippen LogP contribution in [0.2, 0.25) is 0 Å². The second kappa shape index (κ2) is 6.01. The van der Waals surface area contributed by atoms with Gasteiger partial charge in [0.2, 0.25) is 5.91 Å². The van der Waals surface area contributed by atoms with E-state index in [0.29, 0.717) is 5.69 Å². The molecule has 1 N–H and O–H groups in total. The molecular weight excluding hydrogens is 288 g/mol. The minimum Gasteiger partial charge on any atom is -0.456 e. The van der Waals surface area contributed by atoms with Crippen molar-refractivity contribution >= 4 is 28.3 Å². The van der Waals surface area contributed by atoms with E-state index in [0.717, 1.165) is 28.0 Å². The Morgan fingerprint density at radius 1 is 1.17 bits per heavy atom. The number of furan rings is 1. The summed E-state index contributed by atoms with van der Waals surface area (Å²) in [6.07, 6.45) is 1.25. The molecule has 0 fully saturated rings. The molecule has 0 atom stereocenters. The largest absolute Gasteiger partial charge is 0.456 e. The molecule has 2 aromatic carbocycles. The normalized spacial score (nSPS) is 10.5. The summed E-state index contributed by atoms with van der Waals surface area (Å²) < 4.78 is 6.00. The van der Waals surface area contributed by atoms with E-state index in [1.165, 1.54) is 6.08 Å². The predicted molar refractivity (Wildman–Crippen MR) is 94.8 cm³/mol. The average Bonchev–Trinajstić information content (AvgIpc) is 2.98. The monoisotopic (exact) mass is 306 g/mol. The Kier molecular flexibility index (Phi) is 3.89. The Balaban J connectivity index is 2.21. The molecule has 0 bridgehead atoms. The molecule has 4 nitrogen and oxygen atoms in total. The van der Waals surface area contributed by atoms with Crippen molar-refractivity contribution in [1.82, 2.24) is 0 Å². The molecule has 4 heteroatoms. The number of benzene rings is 2. The number of hydrogen-bond acceptors (Lipinski definition) is 3. The molecule has 116 valence electrons. The summed E-state index contributed by atoms with van der Waals surface area (Å²) in [6, 6.07) is 15.6. The van der Waals surface area contributed by atoms with Crippen LogP contribution < -0.4 is 10.2 Å². The zero-order valence-corrected chi connectivity index (χ0v) is 13.2. The summed E-state index contributed by atoms with van der Waals surface area (Å²) >= 11 is 0. The lowest BCUT2D eigenvalue weighted by molar-refractivity contribution is -0.111. The highest BCUT2D eigenvalue weighted by atomic mass is 16.3. The fraction of sp³-hybridized carbons (Fsp3) is 0.105. The Hall–Kier alpha value is -3.01. The number of anilines is 2. The molecule has 1 aromatic heterocycles. The van der Waals surface area contributed by atoms with Gasteiger partial charge < -0.3 is 14.6 Å². The molecule has 1 amide bonds. The first-order valence-electron chi connectivity index (χ1n) is 7.33. The van der Waals surface area contributed by atoms with Crippen molar-refractivity contribution in [2.75, 3.05) is 24.3 Å². The highest BCUT2D eigenvalue weighted by Gasteiger charge is 2.17. The first-order valence-corrected chi connectivity index (χ1v) is 7.33. The highest BCUT2D eigenvalue weighted by Crippen LogP contribution is 2.39. The SMILES string of the molecule is C=CC(=O)Nc1cccc(N(C)C)c1-c1cc2ccccc2o1. The fourth-order valence-corrected chi connectivity index (χ4v) is 2.56. The fourth-order valence-electron chi connectivity index (χ4n) is 2.56. The number of amides is 1. The van der Waals surface area contributed by atoms with Crippen LogP contribution in [0.15, 0.2) is 65.6 Å². The minimum atomic E-state index is -0.252. The van der Waals surface area contributed by atoms with Crippen LogP contribution >= 0.6 is 0 Å². The molecule has 0 spiro atoms. The maximum Gasteiger partial charge on any atom is 0.247 e. The van der Waals surface area contributed by atoms with Gasteiger partial charge in [-0.1, -0.05) is 30.8 Å². The summed E-state index contributed by atoms with van der Waals surface area (Å²) in [5.41, 5.74) is 3.33. The van der Waals surface area contributed by atoms with Gasteiger partial charge in [0.25, 0.3) is 0 Å². The standard InChI is InChI=1S/C19H18N2O2/c1-4-18(22)20-14-9-7-10-15(21(2)3)19(14)17-12-13-8-5-6-11-16(13)23-17/h4-12H,1H2,2-3H3,(H,20,22). The minimum absolute atomic E-state index is 0.252. The van der Waals surface area contributed by atoms with Gasteiger partial charge >= 0.3 is 0 Å². The Labute approximate surface area is 135 Å². The summed E-state index contributed by atoms with van der Waals surface area (Å²) in [6.45, 7) is 3.51. The van der Waals surface area contributed by atoms with E-state index < -0.39 is 0 Å². The van der Waals surface area contributed by atoms with E-state index in [4.69, 9.17) is 4.42 Å². The maximum absolute atomic E-state index is 11.7. The van der Waals surface area contributed by atoms with Crippen molar-refractivity contribution in [2.45, 2.75) is 0 Å². The lowest BCUT2D eigenvalue weighted by Gasteiger charge is -2.19. The molecule has 23 heavy (non-hydrogen) atoms. The van der Waals surface area contributed by atoms with Gasteiger partial charge in [-0.2, -0.15) is 0 Å². The number of carbonyl (C=O) groups is 1. The average molecular weight is 306 g/mol. The van der Waals surface area contributed by atoms with Crippen molar-refractivity contribution in [3.05, 3.63) is 61.2 Å². The van der Waals surface area contributed by atoms with Crippen LogP contribution in [-0.4, -0.2) is 20.0 Å². The molecular formula is C19H18N2O2. The number of nitrogens with one attached hydrogen (secondary N) is 1. The predicted octanol–water partition coefficient (Wildman–Crippen LogP) is 4.29. The van der Waals surface area contributed by atoms with Crippen molar-refractivity contribution < 1.29 is 9.21 Å². The summed E-state index contributed by atoms with van der Waals surface area (Å²) in [7, 11) is 3.92. The lowest BCUT2D eigenvalue weighted by atomic mass is 10.1. The Morgan fingerprint density at radius 2 is 1.96 bits per heavy atom. The van der Waals surface area contributed by atoms with E-state index in [9.17, 15) is 4.79 Å². The second-order valence-corrected chi connectivity index (χ2v) is 5.44. The molecule has 0 radical (unpaired) electrons. The number of fused-ring (bicyclic) bond motifs is 1. The zero-order chi connectivity index (χ0) is 16.4. The van der Waals surface area contributed by atoms with Gasteiger partial charge in [0.05, 0.1) is 11.3 Å². The second-order valence-electron chi connectivity index (χ2n) is 5.44. The van der Waals surface area contributed by atoms with Gasteiger partial charge in [-0.25, -0.2) is 0 Å². The third-order valence-electron chi connectivity index (χ3n) is 3.64. The molecule has 0 aliphatic carbocycles. The van der Waals surface area contributed by atoms with E-state index >= 15 is 0 Å². The first kappa shape index (κ1) is 14.9. The Morgan fingerprint density at radius 3 is 2.65 bits per heavy atom. The van der Waals surface area contributed by atoms with Gasteiger partial charge in [-0.3, -0.25) is 4.79 Å². The Bertz CT molecular complexity index is 845. The number of nitrogens with zero attached hydrogens (tertiary/aromatic N) is 1. The lowest BCUT2D eigenvalue weighted by Crippen LogP contribution is -2.13. The van der Waals surface area contributed by atoms with Gasteiger partial charge in [0.1, 0.15) is 11.3 Å². The van der Waals surface area contributed by atoms with Crippen LogP contribution in [0.4, 0.5) is 11.4 Å². The molecule has 0 unspecified atom stereocenters. The molecule has 0 saturated heterocycles. The van der Waals surface area contributed by atoms with Crippen molar-refractivity contribution in [2.24, 2.45) is 0 Å². The third-order valence-corrected chi connectivity index (χ3v) is 3.64. The number of rotatable bonds is 4.